The van der Waals surface area contributed by atoms with E-state index in [0.717, 1.165) is 6.54 Å². The maximum Gasteiger partial charge on any atom is 0.253 e. The maximum absolute atomic E-state index is 13.2. The van der Waals surface area contributed by atoms with Gasteiger partial charge in [-0.2, -0.15) is 0 Å². The highest BCUT2D eigenvalue weighted by Crippen LogP contribution is 2.15. The van der Waals surface area contributed by atoms with E-state index in [2.05, 4.69) is 5.32 Å². The molecule has 194 valence electrons. The molecule has 0 bridgehead atoms. The number of hydrogen-bond donors (Lipinski definition) is 4. The van der Waals surface area contributed by atoms with E-state index in [-0.39, 0.29) is 50.5 Å². The quantitative estimate of drug-likeness (QED) is 0.409. The molecule has 2 rings (SSSR count). The largest absolute Gasteiger partial charge is 0.492 e. The van der Waals surface area contributed by atoms with Gasteiger partial charge < -0.3 is 39.9 Å². The van der Waals surface area contributed by atoms with Crippen LogP contribution in [0.15, 0.2) is 24.3 Å². The van der Waals surface area contributed by atoms with Gasteiger partial charge in [-0.25, -0.2) is 0 Å². The van der Waals surface area contributed by atoms with Gasteiger partial charge in [0.05, 0.1) is 6.61 Å². The highest BCUT2D eigenvalue weighted by Gasteiger charge is 2.28. The number of carbonyl (C=O) groups excluding carboxylic acids is 2. The molecule has 1 aliphatic heterocycles. The van der Waals surface area contributed by atoms with E-state index in [1.807, 2.05) is 7.05 Å². The Morgan fingerprint density at radius 2 is 1.74 bits per heavy atom. The number of amides is 2. The lowest BCUT2D eigenvalue weighted by atomic mass is 10.1. The van der Waals surface area contributed by atoms with Crippen molar-refractivity contribution in [1.82, 2.24) is 15.1 Å². The zero-order valence-electron chi connectivity index (χ0n) is 19.9. The van der Waals surface area contributed by atoms with Crippen LogP contribution in [0, 0.1) is 0 Å². The molecule has 1 heterocycles. The monoisotopic (exact) mass is 503 g/mol. The van der Waals surface area contributed by atoms with Crippen molar-refractivity contribution in [3.8, 4) is 5.75 Å². The second kappa shape index (κ2) is 15.9. The summed E-state index contributed by atoms with van der Waals surface area (Å²) in [6.07, 6.45) is -2.70. The van der Waals surface area contributed by atoms with Gasteiger partial charge in [0, 0.05) is 51.8 Å². The molecule has 1 aromatic rings. The van der Waals surface area contributed by atoms with Crippen molar-refractivity contribution in [2.45, 2.75) is 38.1 Å². The normalized spacial score (nSPS) is 22.9. The average molecular weight is 504 g/mol. The minimum atomic E-state index is -1.44. The molecular formula is C23H38ClN3O7. The van der Waals surface area contributed by atoms with Crippen LogP contribution in [0.4, 0.5) is 0 Å². The molecule has 0 saturated carbocycles. The van der Waals surface area contributed by atoms with E-state index in [1.54, 1.807) is 29.2 Å². The van der Waals surface area contributed by atoms with E-state index >= 15 is 0 Å². The molecule has 1 aromatic carbocycles. The molecule has 11 heteroatoms. The molecule has 4 N–H and O–H groups in total. The smallest absolute Gasteiger partial charge is 0.253 e. The Labute approximate surface area is 207 Å². The van der Waals surface area contributed by atoms with Crippen LogP contribution in [0.1, 0.15) is 30.1 Å². The fourth-order valence-corrected chi connectivity index (χ4v) is 3.48. The minimum Gasteiger partial charge on any atom is -0.492 e. The summed E-state index contributed by atoms with van der Waals surface area (Å²) >= 11 is 0. The molecule has 2 amide bonds. The lowest BCUT2D eigenvalue weighted by Crippen LogP contribution is -2.49. The summed E-state index contributed by atoms with van der Waals surface area (Å²) in [5, 5.41) is 33.4. The third kappa shape index (κ3) is 9.73. The number of halogens is 1. The number of nitrogens with zero attached hydrogens (tertiary/aromatic N) is 2. The molecule has 1 fully saturated rings. The predicted molar refractivity (Wildman–Crippen MR) is 129 cm³/mol. The molecule has 34 heavy (non-hydrogen) atoms. The van der Waals surface area contributed by atoms with E-state index in [9.17, 15) is 24.9 Å². The highest BCUT2D eigenvalue weighted by molar-refractivity contribution is 5.94. The van der Waals surface area contributed by atoms with E-state index < -0.39 is 18.3 Å². The van der Waals surface area contributed by atoms with Crippen LogP contribution in [-0.4, -0.2) is 115 Å². The van der Waals surface area contributed by atoms with Crippen molar-refractivity contribution in [3.63, 3.8) is 0 Å². The van der Waals surface area contributed by atoms with Crippen LogP contribution in [0.3, 0.4) is 0 Å². The first kappa shape index (κ1) is 30.1. The van der Waals surface area contributed by atoms with Crippen LogP contribution >= 0.6 is 12.4 Å². The van der Waals surface area contributed by atoms with Gasteiger partial charge in [0.25, 0.3) is 5.91 Å². The number of aliphatic hydroxyl groups is 3. The predicted octanol–water partition coefficient (Wildman–Crippen LogP) is -0.110. The van der Waals surface area contributed by atoms with Crippen molar-refractivity contribution in [1.29, 1.82) is 0 Å². The lowest BCUT2D eigenvalue weighted by molar-refractivity contribution is -0.134. The Morgan fingerprint density at radius 1 is 1.06 bits per heavy atom. The summed E-state index contributed by atoms with van der Waals surface area (Å²) in [5.74, 6) is 0.219. The fraction of sp³-hybridized carbons (Fsp3) is 0.652. The van der Waals surface area contributed by atoms with Gasteiger partial charge in [0.1, 0.15) is 30.7 Å². The lowest BCUT2D eigenvalue weighted by Gasteiger charge is -2.31. The highest BCUT2D eigenvalue weighted by atomic mass is 35.5. The average Bonchev–Trinajstić information content (AvgIpc) is 2.80. The number of benzene rings is 1. The third-order valence-corrected chi connectivity index (χ3v) is 5.55. The van der Waals surface area contributed by atoms with Crippen molar-refractivity contribution >= 4 is 24.2 Å². The van der Waals surface area contributed by atoms with Gasteiger partial charge in [-0.15, -0.1) is 12.4 Å². The summed E-state index contributed by atoms with van der Waals surface area (Å²) < 4.78 is 11.0. The number of carbonyl (C=O) groups is 2. The van der Waals surface area contributed by atoms with Crippen LogP contribution in [-0.2, 0) is 9.53 Å². The number of β-amino-alcohol motifs (C(OH)–C–C–N with tert-alkyl or cyclic N) is 1. The summed E-state index contributed by atoms with van der Waals surface area (Å²) in [4.78, 5) is 28.3. The number of hydrogen-bond acceptors (Lipinski definition) is 8. The van der Waals surface area contributed by atoms with Crippen molar-refractivity contribution in [2.24, 2.45) is 0 Å². The molecule has 3 atom stereocenters. The first-order valence-electron chi connectivity index (χ1n) is 11.4. The van der Waals surface area contributed by atoms with Crippen LogP contribution in [0.5, 0.6) is 5.75 Å². The first-order valence-corrected chi connectivity index (χ1v) is 11.4. The van der Waals surface area contributed by atoms with E-state index in [0.29, 0.717) is 43.9 Å². The summed E-state index contributed by atoms with van der Waals surface area (Å²) in [6, 6.07) is 6.95. The van der Waals surface area contributed by atoms with Crippen molar-refractivity contribution in [3.05, 3.63) is 29.8 Å². The Balaban J connectivity index is 0.00000578. The zero-order valence-corrected chi connectivity index (χ0v) is 20.7. The van der Waals surface area contributed by atoms with Crippen LogP contribution in [0.2, 0.25) is 0 Å². The second-order valence-corrected chi connectivity index (χ2v) is 8.14. The van der Waals surface area contributed by atoms with E-state index in [1.165, 1.54) is 11.8 Å². The number of aliphatic hydroxyl groups excluding tert-OH is 3. The maximum atomic E-state index is 13.2. The van der Waals surface area contributed by atoms with Crippen molar-refractivity contribution in [2.75, 3.05) is 59.6 Å². The standard InChI is InChI=1S/C23H37N3O7.ClH/c1-17(27)26-12-11-25(10-3-4-13-32-16-21(29)22(30)20(28)15-26)23(31)18-5-7-19(8-6-18)33-14-9-24-2;/h5-8,20-22,24,28-30H,3-4,9-16H2,1-2H3;1H/t20-,21+,22+;/m0./s1. The third-order valence-electron chi connectivity index (χ3n) is 5.55. The van der Waals surface area contributed by atoms with Crippen molar-refractivity contribution < 1.29 is 34.4 Å². The Hall–Kier alpha value is -1.95. The summed E-state index contributed by atoms with van der Waals surface area (Å²) in [7, 11) is 1.84. The molecule has 1 aliphatic rings. The molecule has 10 nitrogen and oxygen atoms in total. The molecule has 0 spiro atoms. The number of likely N-dealkylation sites (N-methyl/N-ethyl adjacent to an activating group) is 1. The molecule has 0 aliphatic carbocycles. The van der Waals surface area contributed by atoms with Gasteiger partial charge >= 0.3 is 0 Å². The Morgan fingerprint density at radius 3 is 2.38 bits per heavy atom. The fourth-order valence-electron chi connectivity index (χ4n) is 3.48. The molecular weight excluding hydrogens is 466 g/mol. The number of nitrogens with one attached hydrogen (secondary N) is 1. The SMILES string of the molecule is CNCCOc1ccc(C(=O)N2CCCCOC[C@@H](O)[C@H](O)[C@@H](O)CN(C(C)=O)CC2)cc1.Cl. The Kier molecular flexibility index (Phi) is 14.0. The summed E-state index contributed by atoms with van der Waals surface area (Å²) in [6.45, 7) is 3.63. The van der Waals surface area contributed by atoms with E-state index in [4.69, 9.17) is 9.47 Å². The number of rotatable bonds is 5. The Bertz CT molecular complexity index is 738. The first-order chi connectivity index (χ1) is 15.8. The van der Waals surface area contributed by atoms with Gasteiger partial charge in [-0.3, -0.25) is 9.59 Å². The topological polar surface area (TPSA) is 132 Å². The van der Waals surface area contributed by atoms with Gasteiger partial charge in [0.15, 0.2) is 0 Å². The molecule has 1 saturated heterocycles. The summed E-state index contributed by atoms with van der Waals surface area (Å²) in [5.41, 5.74) is 0.515. The molecule has 0 radical (unpaired) electrons. The molecule has 0 aromatic heterocycles. The van der Waals surface area contributed by atoms with Crippen LogP contribution in [0.25, 0.3) is 0 Å². The van der Waals surface area contributed by atoms with Gasteiger partial charge in [-0.1, -0.05) is 0 Å². The number of ether oxygens (including phenoxy) is 2. The second-order valence-electron chi connectivity index (χ2n) is 8.14. The van der Waals surface area contributed by atoms with Gasteiger partial charge in [-0.05, 0) is 44.2 Å². The zero-order chi connectivity index (χ0) is 24.2. The minimum absolute atomic E-state index is 0. The molecule has 0 unspecified atom stereocenters. The van der Waals surface area contributed by atoms with Crippen LogP contribution < -0.4 is 10.1 Å². The van der Waals surface area contributed by atoms with Gasteiger partial charge in [0.2, 0.25) is 5.91 Å².